The summed E-state index contributed by atoms with van der Waals surface area (Å²) >= 11 is 0. The molecule has 2 saturated heterocycles. The van der Waals surface area contributed by atoms with Gasteiger partial charge in [-0.15, -0.1) is 0 Å². The van der Waals surface area contributed by atoms with Crippen LogP contribution in [-0.4, -0.2) is 45.1 Å². The first-order valence-corrected chi connectivity index (χ1v) is 9.23. The number of rotatable bonds is 5. The van der Waals surface area contributed by atoms with Crippen molar-refractivity contribution >= 4 is 11.9 Å². The molecule has 0 aromatic carbocycles. The highest BCUT2D eigenvalue weighted by molar-refractivity contribution is 6.07. The summed E-state index contributed by atoms with van der Waals surface area (Å²) in [6.45, 7) is 3.47. The Morgan fingerprint density at radius 2 is 2.11 bits per heavy atom. The van der Waals surface area contributed by atoms with E-state index in [9.17, 15) is 9.59 Å². The summed E-state index contributed by atoms with van der Waals surface area (Å²) in [4.78, 5) is 36.1. The summed E-state index contributed by atoms with van der Waals surface area (Å²) in [6, 6.07) is 4.98. The van der Waals surface area contributed by atoms with E-state index in [2.05, 4.69) is 25.8 Å². The Bertz CT molecular complexity index is 833. The van der Waals surface area contributed by atoms with Crippen LogP contribution in [0, 0.1) is 5.92 Å². The largest absolute Gasteiger partial charge is 0.339 e. The number of aromatic nitrogens is 3. The Balaban J connectivity index is 1.69. The van der Waals surface area contributed by atoms with E-state index < -0.39 is 11.6 Å². The molecule has 2 N–H and O–H groups in total. The van der Waals surface area contributed by atoms with E-state index in [0.717, 1.165) is 25.9 Å². The summed E-state index contributed by atoms with van der Waals surface area (Å²) in [6.07, 6.45) is 3.80. The predicted molar refractivity (Wildman–Crippen MR) is 94.3 cm³/mol. The molecule has 0 aliphatic carbocycles. The van der Waals surface area contributed by atoms with E-state index in [1.54, 1.807) is 18.3 Å². The minimum absolute atomic E-state index is 0.0201. The van der Waals surface area contributed by atoms with Crippen molar-refractivity contribution in [2.45, 2.75) is 38.3 Å². The van der Waals surface area contributed by atoms with Crippen molar-refractivity contribution in [1.29, 1.82) is 0 Å². The second-order valence-electron chi connectivity index (χ2n) is 6.83. The predicted octanol–water partition coefficient (Wildman–Crippen LogP) is 0.974. The zero-order valence-electron chi connectivity index (χ0n) is 15.1. The van der Waals surface area contributed by atoms with E-state index in [0.29, 0.717) is 23.8 Å². The van der Waals surface area contributed by atoms with Crippen LogP contribution in [0.2, 0.25) is 0 Å². The van der Waals surface area contributed by atoms with Gasteiger partial charge >= 0.3 is 6.03 Å². The summed E-state index contributed by atoms with van der Waals surface area (Å²) in [7, 11) is 0. The molecule has 4 rings (SSSR count). The number of carbonyl (C=O) groups is 2. The van der Waals surface area contributed by atoms with Crippen LogP contribution >= 0.6 is 0 Å². The van der Waals surface area contributed by atoms with Gasteiger partial charge in [0.05, 0.1) is 12.2 Å². The van der Waals surface area contributed by atoms with Crippen molar-refractivity contribution in [3.63, 3.8) is 0 Å². The van der Waals surface area contributed by atoms with Crippen LogP contribution in [0.25, 0.3) is 0 Å². The van der Waals surface area contributed by atoms with Crippen molar-refractivity contribution in [2.75, 3.05) is 13.1 Å². The Labute approximate surface area is 156 Å². The average Bonchev–Trinajstić information content (AvgIpc) is 3.28. The molecule has 4 heterocycles. The Kier molecular flexibility index (Phi) is 4.61. The number of hydrogen-bond donors (Lipinski definition) is 2. The number of urea groups is 1. The van der Waals surface area contributed by atoms with E-state index in [-0.39, 0.29) is 18.4 Å². The first kappa shape index (κ1) is 17.6. The van der Waals surface area contributed by atoms with Crippen LogP contribution in [0.1, 0.15) is 37.2 Å². The molecule has 0 spiro atoms. The molecule has 142 valence electrons. The zero-order chi connectivity index (χ0) is 18.9. The van der Waals surface area contributed by atoms with Crippen LogP contribution in [-0.2, 0) is 23.3 Å². The molecule has 2 aromatic rings. The molecule has 1 unspecified atom stereocenters. The van der Waals surface area contributed by atoms with Gasteiger partial charge in [0.2, 0.25) is 5.89 Å². The SMILES string of the molecule is CCc1nc(CN2C(=O)NC(c3ccccn3)(C3CCNCC3)C2=O)no1. The first-order chi connectivity index (χ1) is 13.1. The number of pyridine rings is 1. The summed E-state index contributed by atoms with van der Waals surface area (Å²) in [5, 5.41) is 10.1. The Hall–Kier alpha value is -2.81. The number of hydrogen-bond acceptors (Lipinski definition) is 7. The van der Waals surface area contributed by atoms with Gasteiger partial charge in [0.15, 0.2) is 11.4 Å². The van der Waals surface area contributed by atoms with Gasteiger partial charge in [-0.05, 0) is 44.0 Å². The smallest absolute Gasteiger partial charge is 0.325 e. The molecule has 0 bridgehead atoms. The molecule has 27 heavy (non-hydrogen) atoms. The number of amides is 3. The van der Waals surface area contributed by atoms with E-state index in [1.165, 1.54) is 4.90 Å². The van der Waals surface area contributed by atoms with Crippen molar-refractivity contribution < 1.29 is 14.1 Å². The molecule has 9 nitrogen and oxygen atoms in total. The number of piperidine rings is 1. The van der Waals surface area contributed by atoms with Crippen LogP contribution < -0.4 is 10.6 Å². The molecular weight excluding hydrogens is 348 g/mol. The van der Waals surface area contributed by atoms with Crippen LogP contribution in [0.3, 0.4) is 0 Å². The summed E-state index contributed by atoms with van der Waals surface area (Å²) in [5.74, 6) is 0.455. The topological polar surface area (TPSA) is 113 Å². The van der Waals surface area contributed by atoms with Gasteiger partial charge in [0.25, 0.3) is 5.91 Å². The minimum atomic E-state index is -1.15. The number of aryl methyl sites for hydroxylation is 1. The highest BCUT2D eigenvalue weighted by atomic mass is 16.5. The Morgan fingerprint density at radius 1 is 1.30 bits per heavy atom. The zero-order valence-corrected chi connectivity index (χ0v) is 15.1. The van der Waals surface area contributed by atoms with Gasteiger partial charge in [-0.25, -0.2) is 4.79 Å². The van der Waals surface area contributed by atoms with Gasteiger partial charge in [-0.3, -0.25) is 14.7 Å². The first-order valence-electron chi connectivity index (χ1n) is 9.23. The standard InChI is InChI=1S/C18H22N6O3/c1-2-15-21-14(23-27-15)11-24-16(25)18(22-17(24)26,12-6-9-19-10-7-12)13-5-3-4-8-20-13/h3-5,8,12,19H,2,6-7,9-11H2,1H3,(H,22,26). The molecule has 2 aromatic heterocycles. The third-order valence-corrected chi connectivity index (χ3v) is 5.26. The van der Waals surface area contributed by atoms with E-state index in [1.807, 2.05) is 13.0 Å². The maximum atomic E-state index is 13.5. The second kappa shape index (κ2) is 7.07. The molecule has 3 amide bonds. The lowest BCUT2D eigenvalue weighted by Gasteiger charge is -2.37. The molecular formula is C18H22N6O3. The van der Waals surface area contributed by atoms with Gasteiger partial charge < -0.3 is 15.2 Å². The van der Waals surface area contributed by atoms with Crippen LogP contribution in [0.4, 0.5) is 4.79 Å². The Morgan fingerprint density at radius 3 is 2.78 bits per heavy atom. The lowest BCUT2D eigenvalue weighted by atomic mass is 9.75. The van der Waals surface area contributed by atoms with E-state index >= 15 is 0 Å². The third kappa shape index (κ3) is 2.97. The minimum Gasteiger partial charge on any atom is -0.339 e. The third-order valence-electron chi connectivity index (χ3n) is 5.26. The van der Waals surface area contributed by atoms with Crippen LogP contribution in [0.15, 0.2) is 28.9 Å². The average molecular weight is 370 g/mol. The number of carbonyl (C=O) groups excluding carboxylic acids is 2. The molecule has 9 heteroatoms. The fourth-order valence-electron chi connectivity index (χ4n) is 3.89. The lowest BCUT2D eigenvalue weighted by Crippen LogP contribution is -2.53. The fourth-order valence-corrected chi connectivity index (χ4v) is 3.89. The number of imide groups is 1. The fraction of sp³-hybridized carbons (Fsp3) is 0.500. The number of nitrogens with zero attached hydrogens (tertiary/aromatic N) is 4. The molecule has 2 aliphatic rings. The molecule has 2 fully saturated rings. The van der Waals surface area contributed by atoms with Gasteiger partial charge in [-0.2, -0.15) is 4.98 Å². The van der Waals surface area contributed by atoms with Crippen LogP contribution in [0.5, 0.6) is 0 Å². The molecule has 2 aliphatic heterocycles. The normalized spacial score (nSPS) is 23.7. The maximum absolute atomic E-state index is 13.5. The lowest BCUT2D eigenvalue weighted by molar-refractivity contribution is -0.134. The monoisotopic (exact) mass is 370 g/mol. The second-order valence-corrected chi connectivity index (χ2v) is 6.83. The maximum Gasteiger partial charge on any atom is 0.325 e. The van der Waals surface area contributed by atoms with Gasteiger partial charge in [-0.1, -0.05) is 18.1 Å². The summed E-state index contributed by atoms with van der Waals surface area (Å²) < 4.78 is 5.10. The molecule has 0 saturated carbocycles. The van der Waals surface area contributed by atoms with Crippen molar-refractivity contribution in [2.24, 2.45) is 5.92 Å². The van der Waals surface area contributed by atoms with Gasteiger partial charge in [0, 0.05) is 12.6 Å². The van der Waals surface area contributed by atoms with Crippen molar-refractivity contribution in [3.05, 3.63) is 41.8 Å². The summed E-state index contributed by atoms with van der Waals surface area (Å²) in [5.41, 5.74) is -0.585. The van der Waals surface area contributed by atoms with E-state index in [4.69, 9.17) is 4.52 Å². The highest BCUT2D eigenvalue weighted by Gasteiger charge is 2.57. The highest BCUT2D eigenvalue weighted by Crippen LogP contribution is 2.39. The van der Waals surface area contributed by atoms with Gasteiger partial charge in [0.1, 0.15) is 0 Å². The molecule has 1 atom stereocenters. The molecule has 0 radical (unpaired) electrons. The quantitative estimate of drug-likeness (QED) is 0.754. The van der Waals surface area contributed by atoms with Crippen molar-refractivity contribution in [3.8, 4) is 0 Å². The number of nitrogens with one attached hydrogen (secondary N) is 2. The van der Waals surface area contributed by atoms with Crippen molar-refractivity contribution in [1.82, 2.24) is 30.7 Å².